The zero-order valence-corrected chi connectivity index (χ0v) is 14.1. The van der Waals surface area contributed by atoms with E-state index in [-0.39, 0.29) is 5.91 Å². The lowest BCUT2D eigenvalue weighted by molar-refractivity contribution is 0.0946. The number of hydrogen-bond acceptors (Lipinski definition) is 2. The molecule has 3 nitrogen and oxygen atoms in total. The average Bonchev–Trinajstić information content (AvgIpc) is 2.71. The van der Waals surface area contributed by atoms with E-state index in [0.717, 1.165) is 5.56 Å². The van der Waals surface area contributed by atoms with Crippen LogP contribution in [0.2, 0.25) is 0 Å². The van der Waals surface area contributed by atoms with Crippen LogP contribution in [0.3, 0.4) is 0 Å². The Balaban J connectivity index is 1.59. The van der Waals surface area contributed by atoms with Gasteiger partial charge in [0.05, 0.1) is 0 Å². The van der Waals surface area contributed by atoms with E-state index in [2.05, 4.69) is 64.9 Å². The normalized spacial score (nSPS) is 11.4. The quantitative estimate of drug-likeness (QED) is 0.476. The first-order valence-corrected chi connectivity index (χ1v) is 8.66. The summed E-state index contributed by atoms with van der Waals surface area (Å²) in [6, 6.07) is 24.6. The Morgan fingerprint density at radius 2 is 1.50 bits per heavy atom. The molecule has 1 N–H and O–H groups in total. The molecular formula is C23H16N2O. The summed E-state index contributed by atoms with van der Waals surface area (Å²) in [6.45, 7) is 0.476. The van der Waals surface area contributed by atoms with Gasteiger partial charge in [-0.1, -0.05) is 60.7 Å². The summed E-state index contributed by atoms with van der Waals surface area (Å²) in [4.78, 5) is 16.4. The summed E-state index contributed by atoms with van der Waals surface area (Å²) in [5.74, 6) is -0.156. The van der Waals surface area contributed by atoms with E-state index in [1.807, 2.05) is 6.07 Å². The van der Waals surface area contributed by atoms with Crippen molar-refractivity contribution < 1.29 is 4.79 Å². The SMILES string of the molecule is O=C(NCc1ccc2ccc3cccc4ccc1c2c34)c1ccccn1. The van der Waals surface area contributed by atoms with Crippen LogP contribution in [-0.4, -0.2) is 10.9 Å². The van der Waals surface area contributed by atoms with Crippen molar-refractivity contribution >= 4 is 38.2 Å². The molecule has 1 amide bonds. The highest BCUT2D eigenvalue weighted by molar-refractivity contribution is 6.23. The molecule has 0 fully saturated rings. The lowest BCUT2D eigenvalue weighted by Gasteiger charge is -2.14. The molecule has 0 saturated carbocycles. The monoisotopic (exact) mass is 336 g/mol. The fraction of sp³-hybridized carbons (Fsp3) is 0.0435. The first kappa shape index (κ1) is 14.8. The predicted molar refractivity (Wildman–Crippen MR) is 106 cm³/mol. The molecule has 0 aliphatic rings. The Hall–Kier alpha value is -3.46. The molecule has 5 rings (SSSR count). The van der Waals surface area contributed by atoms with E-state index in [1.54, 1.807) is 18.3 Å². The summed E-state index contributed by atoms with van der Waals surface area (Å²) in [6.07, 6.45) is 1.63. The minimum absolute atomic E-state index is 0.156. The van der Waals surface area contributed by atoms with Crippen LogP contribution in [0, 0.1) is 0 Å². The van der Waals surface area contributed by atoms with Crippen molar-refractivity contribution in [2.75, 3.05) is 0 Å². The van der Waals surface area contributed by atoms with Crippen LogP contribution in [-0.2, 0) is 6.54 Å². The first-order valence-electron chi connectivity index (χ1n) is 8.66. The molecule has 1 heterocycles. The maximum Gasteiger partial charge on any atom is 0.270 e. The van der Waals surface area contributed by atoms with E-state index in [9.17, 15) is 4.79 Å². The van der Waals surface area contributed by atoms with Crippen LogP contribution < -0.4 is 5.32 Å². The van der Waals surface area contributed by atoms with Crippen LogP contribution in [0.4, 0.5) is 0 Å². The fourth-order valence-corrected chi connectivity index (χ4v) is 3.71. The van der Waals surface area contributed by atoms with E-state index >= 15 is 0 Å². The lowest BCUT2D eigenvalue weighted by Crippen LogP contribution is -2.23. The van der Waals surface area contributed by atoms with Crippen LogP contribution in [0.1, 0.15) is 16.1 Å². The summed E-state index contributed by atoms with van der Waals surface area (Å²) < 4.78 is 0. The molecule has 5 aromatic rings. The molecule has 0 atom stereocenters. The third kappa shape index (κ3) is 2.29. The number of pyridine rings is 1. The van der Waals surface area contributed by atoms with Gasteiger partial charge >= 0.3 is 0 Å². The number of carbonyl (C=O) groups is 1. The van der Waals surface area contributed by atoms with Gasteiger partial charge < -0.3 is 5.32 Å². The number of amides is 1. The number of nitrogens with zero attached hydrogens (tertiary/aromatic N) is 1. The minimum Gasteiger partial charge on any atom is -0.347 e. The Morgan fingerprint density at radius 3 is 2.27 bits per heavy atom. The molecule has 0 bridgehead atoms. The molecule has 0 unspecified atom stereocenters. The van der Waals surface area contributed by atoms with Gasteiger partial charge in [-0.2, -0.15) is 0 Å². The van der Waals surface area contributed by atoms with Crippen LogP contribution in [0.5, 0.6) is 0 Å². The van der Waals surface area contributed by atoms with Gasteiger partial charge in [-0.25, -0.2) is 0 Å². The second-order valence-corrected chi connectivity index (χ2v) is 6.48. The summed E-state index contributed by atoms with van der Waals surface area (Å²) in [7, 11) is 0. The minimum atomic E-state index is -0.156. The highest BCUT2D eigenvalue weighted by atomic mass is 16.1. The van der Waals surface area contributed by atoms with Crippen molar-refractivity contribution in [1.29, 1.82) is 0 Å². The molecule has 0 aliphatic heterocycles. The molecule has 0 aliphatic carbocycles. The second kappa shape index (κ2) is 5.81. The summed E-state index contributed by atoms with van der Waals surface area (Å²) in [5.41, 5.74) is 1.55. The van der Waals surface area contributed by atoms with Gasteiger partial charge in [-0.05, 0) is 50.0 Å². The molecule has 0 saturated heterocycles. The largest absolute Gasteiger partial charge is 0.347 e. The molecule has 4 aromatic carbocycles. The second-order valence-electron chi connectivity index (χ2n) is 6.48. The zero-order valence-electron chi connectivity index (χ0n) is 14.1. The predicted octanol–water partition coefficient (Wildman–Crippen LogP) is 4.91. The van der Waals surface area contributed by atoms with Crippen molar-refractivity contribution in [2.24, 2.45) is 0 Å². The fourth-order valence-electron chi connectivity index (χ4n) is 3.71. The Bertz CT molecular complexity index is 1230. The Kier molecular flexibility index (Phi) is 3.32. The Labute approximate surface area is 150 Å². The molecule has 0 spiro atoms. The van der Waals surface area contributed by atoms with Gasteiger partial charge in [0, 0.05) is 12.7 Å². The van der Waals surface area contributed by atoms with Crippen molar-refractivity contribution in [3.63, 3.8) is 0 Å². The van der Waals surface area contributed by atoms with Gasteiger partial charge in [0.15, 0.2) is 0 Å². The van der Waals surface area contributed by atoms with Gasteiger partial charge in [-0.3, -0.25) is 9.78 Å². The molecular weight excluding hydrogens is 320 g/mol. The molecule has 26 heavy (non-hydrogen) atoms. The van der Waals surface area contributed by atoms with E-state index < -0.39 is 0 Å². The number of carbonyl (C=O) groups excluding carboxylic acids is 1. The number of nitrogens with one attached hydrogen (secondary N) is 1. The number of hydrogen-bond donors (Lipinski definition) is 1. The zero-order chi connectivity index (χ0) is 17.5. The first-order chi connectivity index (χ1) is 12.8. The van der Waals surface area contributed by atoms with Crippen LogP contribution >= 0.6 is 0 Å². The summed E-state index contributed by atoms with van der Waals surface area (Å²) >= 11 is 0. The molecule has 1 aromatic heterocycles. The number of aromatic nitrogens is 1. The third-order valence-corrected chi connectivity index (χ3v) is 4.96. The van der Waals surface area contributed by atoms with Crippen molar-refractivity contribution in [3.8, 4) is 0 Å². The van der Waals surface area contributed by atoms with Crippen molar-refractivity contribution in [2.45, 2.75) is 6.54 Å². The van der Waals surface area contributed by atoms with Crippen LogP contribution in [0.15, 0.2) is 79.0 Å². The van der Waals surface area contributed by atoms with Gasteiger partial charge in [-0.15, -0.1) is 0 Å². The average molecular weight is 336 g/mol. The maximum atomic E-state index is 12.3. The highest BCUT2D eigenvalue weighted by Crippen LogP contribution is 2.35. The topological polar surface area (TPSA) is 42.0 Å². The number of benzene rings is 4. The van der Waals surface area contributed by atoms with Crippen LogP contribution in [0.25, 0.3) is 32.3 Å². The van der Waals surface area contributed by atoms with E-state index in [4.69, 9.17) is 0 Å². The molecule has 0 radical (unpaired) electrons. The number of rotatable bonds is 3. The van der Waals surface area contributed by atoms with Crippen molar-refractivity contribution in [1.82, 2.24) is 10.3 Å². The third-order valence-electron chi connectivity index (χ3n) is 4.96. The van der Waals surface area contributed by atoms with E-state index in [1.165, 1.54) is 32.3 Å². The van der Waals surface area contributed by atoms with E-state index in [0.29, 0.717) is 12.2 Å². The van der Waals surface area contributed by atoms with Crippen molar-refractivity contribution in [3.05, 3.63) is 90.3 Å². The summed E-state index contributed by atoms with van der Waals surface area (Å²) in [5, 5.41) is 10.5. The highest BCUT2D eigenvalue weighted by Gasteiger charge is 2.12. The molecule has 3 heteroatoms. The van der Waals surface area contributed by atoms with Gasteiger partial charge in [0.2, 0.25) is 0 Å². The standard InChI is InChI=1S/C23H16N2O/c26-23(20-6-1-2-13-24-20)25-14-18-10-9-17-8-7-15-4-3-5-16-11-12-19(18)22(17)21(15)16/h1-13H,14H2,(H,25,26). The lowest BCUT2D eigenvalue weighted by atomic mass is 9.92. The molecule has 124 valence electrons. The Morgan fingerprint density at radius 1 is 0.769 bits per heavy atom. The smallest absolute Gasteiger partial charge is 0.270 e. The van der Waals surface area contributed by atoms with Gasteiger partial charge in [0.25, 0.3) is 5.91 Å². The van der Waals surface area contributed by atoms with Gasteiger partial charge in [0.1, 0.15) is 5.69 Å². The maximum absolute atomic E-state index is 12.3.